The third-order valence-electron chi connectivity index (χ3n) is 3.75. The fourth-order valence-electron chi connectivity index (χ4n) is 2.24. The van der Waals surface area contributed by atoms with Gasteiger partial charge in [-0.3, -0.25) is 25.0 Å². The zero-order chi connectivity index (χ0) is 21.0. The summed E-state index contributed by atoms with van der Waals surface area (Å²) in [5, 5.41) is 24.5. The number of anilines is 1. The highest BCUT2D eigenvalue weighted by atomic mass is 19.1. The van der Waals surface area contributed by atoms with Gasteiger partial charge in [-0.1, -0.05) is 0 Å². The minimum Gasteiger partial charge on any atom is -0.449 e. The normalized spacial score (nSPS) is 11.4. The molecule has 2 aromatic carbocycles. The molecule has 0 aliphatic heterocycles. The number of rotatable bonds is 6. The van der Waals surface area contributed by atoms with Crippen LogP contribution in [0.15, 0.2) is 36.4 Å². The molecule has 10 nitrogen and oxygen atoms in total. The highest BCUT2D eigenvalue weighted by Crippen LogP contribution is 2.29. The largest absolute Gasteiger partial charge is 0.449 e. The van der Waals surface area contributed by atoms with Gasteiger partial charge in [0, 0.05) is 17.8 Å². The van der Waals surface area contributed by atoms with E-state index in [0.717, 1.165) is 24.3 Å². The van der Waals surface area contributed by atoms with Crippen LogP contribution in [0, 0.1) is 33.0 Å². The Hall–Kier alpha value is -3.89. The SMILES string of the molecule is Cc1c([N+](=O)[O-])cc(C(=O)O[C@@H](C)C(=O)Nc2ccc(F)cc2)cc1[N+](=O)[O-]. The van der Waals surface area contributed by atoms with Crippen LogP contribution in [0.4, 0.5) is 21.5 Å². The van der Waals surface area contributed by atoms with Crippen LogP contribution in [-0.2, 0) is 9.53 Å². The average Bonchev–Trinajstić information content (AvgIpc) is 2.63. The minimum atomic E-state index is -1.32. The molecule has 0 saturated heterocycles. The van der Waals surface area contributed by atoms with Crippen LogP contribution >= 0.6 is 0 Å². The van der Waals surface area contributed by atoms with Crippen molar-refractivity contribution in [3.63, 3.8) is 0 Å². The van der Waals surface area contributed by atoms with Crippen LogP contribution in [0.25, 0.3) is 0 Å². The van der Waals surface area contributed by atoms with Crippen LogP contribution in [0.1, 0.15) is 22.8 Å². The number of amides is 1. The molecule has 0 spiro atoms. The van der Waals surface area contributed by atoms with E-state index in [1.54, 1.807) is 0 Å². The van der Waals surface area contributed by atoms with Gasteiger partial charge in [0.1, 0.15) is 11.4 Å². The maximum absolute atomic E-state index is 12.9. The van der Waals surface area contributed by atoms with Crippen molar-refractivity contribution in [2.75, 3.05) is 5.32 Å². The van der Waals surface area contributed by atoms with E-state index in [0.29, 0.717) is 0 Å². The summed E-state index contributed by atoms with van der Waals surface area (Å²) in [5.41, 5.74) is -1.64. The molecule has 1 amide bonds. The van der Waals surface area contributed by atoms with Gasteiger partial charge < -0.3 is 10.1 Å². The Labute approximate surface area is 157 Å². The van der Waals surface area contributed by atoms with Gasteiger partial charge in [-0.25, -0.2) is 9.18 Å². The predicted molar refractivity (Wildman–Crippen MR) is 94.4 cm³/mol. The second-order valence-corrected chi connectivity index (χ2v) is 5.70. The molecule has 0 bridgehead atoms. The maximum atomic E-state index is 12.9. The van der Waals surface area contributed by atoms with Crippen molar-refractivity contribution in [2.45, 2.75) is 20.0 Å². The summed E-state index contributed by atoms with van der Waals surface area (Å²) in [4.78, 5) is 44.7. The number of benzene rings is 2. The molecule has 0 aromatic heterocycles. The van der Waals surface area contributed by atoms with Crippen LogP contribution in [0.3, 0.4) is 0 Å². The van der Waals surface area contributed by atoms with Crippen molar-refractivity contribution < 1.29 is 28.6 Å². The first-order chi connectivity index (χ1) is 13.1. The molecule has 28 heavy (non-hydrogen) atoms. The fraction of sp³-hybridized carbons (Fsp3) is 0.176. The van der Waals surface area contributed by atoms with Crippen molar-refractivity contribution in [1.29, 1.82) is 0 Å². The molecule has 2 aromatic rings. The minimum absolute atomic E-state index is 0.214. The second kappa shape index (κ2) is 8.20. The van der Waals surface area contributed by atoms with E-state index in [4.69, 9.17) is 4.74 Å². The van der Waals surface area contributed by atoms with Gasteiger partial charge in [0.15, 0.2) is 6.10 Å². The molecule has 1 N–H and O–H groups in total. The fourth-order valence-corrected chi connectivity index (χ4v) is 2.24. The van der Waals surface area contributed by atoms with Crippen molar-refractivity contribution in [2.24, 2.45) is 0 Å². The molecule has 0 aliphatic carbocycles. The Bertz CT molecular complexity index is 925. The molecule has 0 radical (unpaired) electrons. The Morgan fingerprint density at radius 2 is 1.57 bits per heavy atom. The molecule has 0 fully saturated rings. The number of esters is 1. The lowest BCUT2D eigenvalue weighted by atomic mass is 10.1. The van der Waals surface area contributed by atoms with E-state index >= 15 is 0 Å². The molecule has 1 atom stereocenters. The quantitative estimate of drug-likeness (QED) is 0.453. The van der Waals surface area contributed by atoms with Gasteiger partial charge in [-0.15, -0.1) is 0 Å². The Morgan fingerprint density at radius 1 is 1.07 bits per heavy atom. The lowest BCUT2D eigenvalue weighted by molar-refractivity contribution is -0.395. The van der Waals surface area contributed by atoms with Crippen molar-refractivity contribution >= 4 is 28.9 Å². The van der Waals surface area contributed by atoms with Crippen LogP contribution in [0.2, 0.25) is 0 Å². The van der Waals surface area contributed by atoms with E-state index in [1.165, 1.54) is 26.0 Å². The topological polar surface area (TPSA) is 142 Å². The summed E-state index contributed by atoms with van der Waals surface area (Å²) >= 11 is 0. The number of nitro groups is 2. The molecular weight excluding hydrogens is 377 g/mol. The molecule has 2 rings (SSSR count). The molecule has 0 heterocycles. The van der Waals surface area contributed by atoms with Gasteiger partial charge in [0.25, 0.3) is 17.3 Å². The van der Waals surface area contributed by atoms with E-state index in [9.17, 15) is 34.2 Å². The summed E-state index contributed by atoms with van der Waals surface area (Å²) in [6, 6.07) is 6.53. The first-order valence-electron chi connectivity index (χ1n) is 7.81. The van der Waals surface area contributed by atoms with Gasteiger partial charge in [0.2, 0.25) is 0 Å². The number of nitrogens with one attached hydrogen (secondary N) is 1. The first kappa shape index (κ1) is 20.4. The summed E-state index contributed by atoms with van der Waals surface area (Å²) in [7, 11) is 0. The number of halogens is 1. The predicted octanol–water partition coefficient (Wildman–Crippen LogP) is 3.13. The maximum Gasteiger partial charge on any atom is 0.339 e. The van der Waals surface area contributed by atoms with Crippen LogP contribution < -0.4 is 5.32 Å². The van der Waals surface area contributed by atoms with Crippen LogP contribution in [0.5, 0.6) is 0 Å². The van der Waals surface area contributed by atoms with Crippen LogP contribution in [-0.4, -0.2) is 27.8 Å². The number of hydrogen-bond donors (Lipinski definition) is 1. The zero-order valence-electron chi connectivity index (χ0n) is 14.7. The zero-order valence-corrected chi connectivity index (χ0v) is 14.7. The average molecular weight is 391 g/mol. The number of carbonyl (C=O) groups excluding carboxylic acids is 2. The van der Waals surface area contributed by atoms with Crippen molar-refractivity contribution in [3.8, 4) is 0 Å². The van der Waals surface area contributed by atoms with Crippen molar-refractivity contribution in [3.05, 3.63) is 73.6 Å². The number of nitrogens with zero attached hydrogens (tertiary/aromatic N) is 2. The summed E-state index contributed by atoms with van der Waals surface area (Å²) in [6.07, 6.45) is -1.32. The molecule has 0 unspecified atom stereocenters. The molecule has 0 aliphatic rings. The molecule has 0 saturated carbocycles. The standard InChI is InChI=1S/C17H14FN3O7/c1-9-14(20(24)25)7-11(8-15(9)21(26)27)17(23)28-10(2)16(22)19-13-5-3-12(18)4-6-13/h3-8,10H,1-2H3,(H,19,22)/t10-/m0/s1. The Balaban J connectivity index is 2.19. The summed E-state index contributed by atoms with van der Waals surface area (Å²) in [6.45, 7) is 2.43. The lowest BCUT2D eigenvalue weighted by Crippen LogP contribution is -2.30. The van der Waals surface area contributed by atoms with E-state index < -0.39 is 50.6 Å². The summed E-state index contributed by atoms with van der Waals surface area (Å²) in [5.74, 6) is -2.39. The monoisotopic (exact) mass is 391 g/mol. The molecule has 146 valence electrons. The number of carbonyl (C=O) groups is 2. The van der Waals surface area contributed by atoms with Crippen molar-refractivity contribution in [1.82, 2.24) is 0 Å². The highest BCUT2D eigenvalue weighted by Gasteiger charge is 2.27. The number of hydrogen-bond acceptors (Lipinski definition) is 7. The second-order valence-electron chi connectivity index (χ2n) is 5.70. The van der Waals surface area contributed by atoms with E-state index in [2.05, 4.69) is 5.32 Å². The Morgan fingerprint density at radius 3 is 2.04 bits per heavy atom. The number of nitro benzene ring substituents is 2. The van der Waals surface area contributed by atoms with Gasteiger partial charge >= 0.3 is 5.97 Å². The van der Waals surface area contributed by atoms with E-state index in [1.807, 2.05) is 0 Å². The van der Waals surface area contributed by atoms with E-state index in [-0.39, 0.29) is 11.3 Å². The third kappa shape index (κ3) is 4.63. The molecule has 11 heteroatoms. The van der Waals surface area contributed by atoms with Gasteiger partial charge in [-0.2, -0.15) is 0 Å². The van der Waals surface area contributed by atoms with Gasteiger partial charge in [-0.05, 0) is 38.1 Å². The lowest BCUT2D eigenvalue weighted by Gasteiger charge is -2.13. The molecular formula is C17H14FN3O7. The Kier molecular flexibility index (Phi) is 5.98. The third-order valence-corrected chi connectivity index (χ3v) is 3.75. The number of ether oxygens (including phenoxy) is 1. The highest BCUT2D eigenvalue weighted by molar-refractivity contribution is 5.98. The summed E-state index contributed by atoms with van der Waals surface area (Å²) < 4.78 is 17.8. The van der Waals surface area contributed by atoms with Gasteiger partial charge in [0.05, 0.1) is 15.4 Å². The first-order valence-corrected chi connectivity index (χ1v) is 7.81. The smallest absolute Gasteiger partial charge is 0.339 e.